The van der Waals surface area contributed by atoms with Crippen molar-refractivity contribution in [2.24, 2.45) is 0 Å². The van der Waals surface area contributed by atoms with Crippen molar-refractivity contribution in [2.75, 3.05) is 0 Å². The molecule has 0 saturated heterocycles. The molecule has 15 heavy (non-hydrogen) atoms. The molecule has 81 valence electrons. The highest BCUT2D eigenvalue weighted by molar-refractivity contribution is 5.67. The van der Waals surface area contributed by atoms with Crippen molar-refractivity contribution in [3.05, 3.63) is 35.4 Å². The number of aryl methyl sites for hydroxylation is 1. The van der Waals surface area contributed by atoms with Crippen molar-refractivity contribution >= 4 is 5.97 Å². The third-order valence-electron chi connectivity index (χ3n) is 1.80. The van der Waals surface area contributed by atoms with E-state index < -0.39 is 17.7 Å². The zero-order chi connectivity index (χ0) is 11.5. The van der Waals surface area contributed by atoms with Crippen LogP contribution in [0, 0.1) is 6.07 Å². The third-order valence-corrected chi connectivity index (χ3v) is 1.80. The number of halogens is 3. The highest BCUT2D eigenvalue weighted by Gasteiger charge is 2.30. The Hall–Kier alpha value is -1.52. The van der Waals surface area contributed by atoms with E-state index in [0.717, 1.165) is 12.1 Å². The first-order chi connectivity index (χ1) is 6.89. The maximum absolute atomic E-state index is 12.2. The topological polar surface area (TPSA) is 37.3 Å². The van der Waals surface area contributed by atoms with Gasteiger partial charge in [0.05, 0.1) is 5.56 Å². The highest BCUT2D eigenvalue weighted by atomic mass is 19.4. The molecule has 0 spiro atoms. The number of carboxylic acid groups (broad SMARTS) is 1. The maximum Gasteiger partial charge on any atom is 0.417 e. The van der Waals surface area contributed by atoms with Crippen LogP contribution < -0.4 is 0 Å². The standard InChI is InChI=1S/C10H8F3O2/c11-10(12,13)8-3-1-2-7(6-8)4-5-9(14)15/h1-2,6H,4-5H2,(H,14,15). The molecule has 1 N–H and O–H groups in total. The minimum atomic E-state index is -4.43. The van der Waals surface area contributed by atoms with E-state index in [1.54, 1.807) is 0 Å². The zero-order valence-corrected chi connectivity index (χ0v) is 7.64. The maximum atomic E-state index is 12.2. The fraction of sp³-hybridized carbons (Fsp3) is 0.300. The third kappa shape index (κ3) is 3.61. The van der Waals surface area contributed by atoms with E-state index in [9.17, 15) is 18.0 Å². The Kier molecular flexibility index (Phi) is 3.34. The molecule has 0 fully saturated rings. The summed E-state index contributed by atoms with van der Waals surface area (Å²) in [7, 11) is 0. The Labute approximate surface area is 84.3 Å². The van der Waals surface area contributed by atoms with Gasteiger partial charge in [0.2, 0.25) is 0 Å². The molecule has 1 rings (SSSR count). The van der Waals surface area contributed by atoms with Crippen LogP contribution in [-0.2, 0) is 17.4 Å². The lowest BCUT2D eigenvalue weighted by molar-refractivity contribution is -0.138. The van der Waals surface area contributed by atoms with Crippen LogP contribution in [0.3, 0.4) is 0 Å². The number of hydrogen-bond acceptors (Lipinski definition) is 1. The molecule has 2 nitrogen and oxygen atoms in total. The average Bonchev–Trinajstić information content (AvgIpc) is 2.14. The number of alkyl halides is 3. The van der Waals surface area contributed by atoms with Crippen molar-refractivity contribution in [1.82, 2.24) is 0 Å². The lowest BCUT2D eigenvalue weighted by atomic mass is 10.1. The molecule has 1 radical (unpaired) electrons. The van der Waals surface area contributed by atoms with Crippen LogP contribution >= 0.6 is 0 Å². The minimum Gasteiger partial charge on any atom is -0.481 e. The van der Waals surface area contributed by atoms with Gasteiger partial charge in [-0.1, -0.05) is 12.1 Å². The molecule has 0 aliphatic heterocycles. The van der Waals surface area contributed by atoms with Crippen LogP contribution in [0.15, 0.2) is 18.2 Å². The van der Waals surface area contributed by atoms with E-state index in [1.165, 1.54) is 6.07 Å². The number of benzene rings is 1. The molecule has 0 heterocycles. The van der Waals surface area contributed by atoms with Crippen LogP contribution in [-0.4, -0.2) is 11.1 Å². The molecule has 0 bridgehead atoms. The SMILES string of the molecule is O=C(O)CCc1cc[c]c(C(F)(F)F)c1. The Bertz CT molecular complexity index is 358. The molecular formula is C10H8F3O2. The highest BCUT2D eigenvalue weighted by Crippen LogP contribution is 2.29. The van der Waals surface area contributed by atoms with Gasteiger partial charge >= 0.3 is 12.1 Å². The summed E-state index contributed by atoms with van der Waals surface area (Å²) in [4.78, 5) is 10.2. The van der Waals surface area contributed by atoms with Crippen LogP contribution in [0.2, 0.25) is 0 Å². The van der Waals surface area contributed by atoms with Gasteiger partial charge in [-0.2, -0.15) is 13.2 Å². The van der Waals surface area contributed by atoms with Crippen LogP contribution in [0.5, 0.6) is 0 Å². The molecule has 1 aromatic rings. The molecule has 0 saturated carbocycles. The minimum absolute atomic E-state index is 0.0904. The van der Waals surface area contributed by atoms with Gasteiger partial charge in [0, 0.05) is 6.42 Å². The second kappa shape index (κ2) is 4.33. The molecule has 5 heteroatoms. The second-order valence-electron chi connectivity index (χ2n) is 3.00. The second-order valence-corrected chi connectivity index (χ2v) is 3.00. The Balaban J connectivity index is 2.79. The first-order valence-electron chi connectivity index (χ1n) is 4.19. The normalized spacial score (nSPS) is 11.4. The van der Waals surface area contributed by atoms with E-state index in [2.05, 4.69) is 6.07 Å². The lowest BCUT2D eigenvalue weighted by Crippen LogP contribution is -2.06. The molecule has 1 aromatic carbocycles. The largest absolute Gasteiger partial charge is 0.481 e. The molecular weight excluding hydrogens is 209 g/mol. The number of rotatable bonds is 3. The quantitative estimate of drug-likeness (QED) is 0.844. The van der Waals surface area contributed by atoms with Crippen molar-refractivity contribution in [3.8, 4) is 0 Å². The number of aliphatic carboxylic acids is 1. The Morgan fingerprint density at radius 2 is 2.13 bits per heavy atom. The molecule has 0 aromatic heterocycles. The number of carboxylic acids is 1. The zero-order valence-electron chi connectivity index (χ0n) is 7.64. The van der Waals surface area contributed by atoms with Crippen molar-refractivity contribution in [3.63, 3.8) is 0 Å². The Morgan fingerprint density at radius 1 is 1.47 bits per heavy atom. The van der Waals surface area contributed by atoms with Crippen molar-refractivity contribution in [1.29, 1.82) is 0 Å². The van der Waals surface area contributed by atoms with E-state index >= 15 is 0 Å². The molecule has 0 atom stereocenters. The number of hydrogen-bond donors (Lipinski definition) is 1. The Morgan fingerprint density at radius 3 is 2.67 bits per heavy atom. The van der Waals surface area contributed by atoms with E-state index in [-0.39, 0.29) is 12.8 Å². The van der Waals surface area contributed by atoms with Gasteiger partial charge in [0.1, 0.15) is 0 Å². The predicted octanol–water partition coefficient (Wildman–Crippen LogP) is 2.52. The van der Waals surface area contributed by atoms with Gasteiger partial charge < -0.3 is 5.11 Å². The van der Waals surface area contributed by atoms with Crippen LogP contribution in [0.1, 0.15) is 17.5 Å². The number of carbonyl (C=O) groups is 1. The summed E-state index contributed by atoms with van der Waals surface area (Å²) < 4.78 is 36.7. The van der Waals surface area contributed by atoms with Crippen molar-refractivity contribution < 1.29 is 23.1 Å². The van der Waals surface area contributed by atoms with Crippen LogP contribution in [0.25, 0.3) is 0 Å². The fourth-order valence-electron chi connectivity index (χ4n) is 1.08. The van der Waals surface area contributed by atoms with Gasteiger partial charge in [-0.25, -0.2) is 0 Å². The first-order valence-corrected chi connectivity index (χ1v) is 4.19. The summed E-state index contributed by atoms with van der Waals surface area (Å²) in [5.41, 5.74) is -0.520. The molecule has 0 aliphatic rings. The lowest BCUT2D eigenvalue weighted by Gasteiger charge is -2.07. The van der Waals surface area contributed by atoms with E-state index in [1.807, 2.05) is 0 Å². The van der Waals surface area contributed by atoms with Gasteiger partial charge in [0.15, 0.2) is 0 Å². The molecule has 0 aliphatic carbocycles. The fourth-order valence-corrected chi connectivity index (χ4v) is 1.08. The van der Waals surface area contributed by atoms with Gasteiger partial charge in [-0.05, 0) is 24.1 Å². The van der Waals surface area contributed by atoms with Crippen molar-refractivity contribution in [2.45, 2.75) is 19.0 Å². The monoisotopic (exact) mass is 217 g/mol. The summed E-state index contributed by atoms with van der Waals surface area (Å²) >= 11 is 0. The van der Waals surface area contributed by atoms with Gasteiger partial charge in [-0.15, -0.1) is 0 Å². The summed E-state index contributed by atoms with van der Waals surface area (Å²) in [6, 6.07) is 5.57. The van der Waals surface area contributed by atoms with E-state index in [0.29, 0.717) is 5.56 Å². The van der Waals surface area contributed by atoms with E-state index in [4.69, 9.17) is 5.11 Å². The summed E-state index contributed by atoms with van der Waals surface area (Å²) in [6.07, 6.45) is -4.52. The van der Waals surface area contributed by atoms with Gasteiger partial charge in [0.25, 0.3) is 0 Å². The predicted molar refractivity (Wildman–Crippen MR) is 46.2 cm³/mol. The summed E-state index contributed by atoms with van der Waals surface area (Å²) in [5, 5.41) is 8.37. The summed E-state index contributed by atoms with van der Waals surface area (Å²) in [6.45, 7) is 0. The molecule has 0 unspecified atom stereocenters. The smallest absolute Gasteiger partial charge is 0.417 e. The first kappa shape index (κ1) is 11.6. The van der Waals surface area contributed by atoms with Gasteiger partial charge in [-0.3, -0.25) is 4.79 Å². The molecule has 0 amide bonds. The summed E-state index contributed by atoms with van der Waals surface area (Å²) in [5.74, 6) is -1.03. The van der Waals surface area contributed by atoms with Crippen LogP contribution in [0.4, 0.5) is 13.2 Å². The average molecular weight is 217 g/mol.